The maximum absolute atomic E-state index is 12.8. The van der Waals surface area contributed by atoms with Crippen molar-refractivity contribution < 1.29 is 14.4 Å². The SMILES string of the molecule is CCC(=O)N1CCCN(C(=O)c2ccc3c(c2)CCC(=O)N3)CC1. The predicted octanol–water partition coefficient (Wildman–Crippen LogP) is 1.66. The topological polar surface area (TPSA) is 69.7 Å². The molecule has 0 unspecified atom stereocenters. The van der Waals surface area contributed by atoms with Crippen LogP contribution in [0.5, 0.6) is 0 Å². The van der Waals surface area contributed by atoms with E-state index in [-0.39, 0.29) is 17.7 Å². The Morgan fingerprint density at radius 2 is 1.83 bits per heavy atom. The summed E-state index contributed by atoms with van der Waals surface area (Å²) in [5.41, 5.74) is 2.47. The van der Waals surface area contributed by atoms with Crippen molar-refractivity contribution in [1.29, 1.82) is 0 Å². The Hall–Kier alpha value is -2.37. The number of benzene rings is 1. The average molecular weight is 329 g/mol. The third-order valence-electron chi connectivity index (χ3n) is 4.69. The van der Waals surface area contributed by atoms with E-state index in [1.165, 1.54) is 0 Å². The number of hydrogen-bond acceptors (Lipinski definition) is 3. The number of anilines is 1. The fraction of sp³-hybridized carbons (Fsp3) is 0.500. The smallest absolute Gasteiger partial charge is 0.253 e. The van der Waals surface area contributed by atoms with Gasteiger partial charge in [0.15, 0.2) is 0 Å². The summed E-state index contributed by atoms with van der Waals surface area (Å²) in [6, 6.07) is 5.47. The van der Waals surface area contributed by atoms with Crippen LogP contribution in [0.25, 0.3) is 0 Å². The molecule has 0 saturated carbocycles. The molecule has 6 nitrogen and oxygen atoms in total. The Kier molecular flexibility index (Phi) is 4.83. The lowest BCUT2D eigenvalue weighted by molar-refractivity contribution is -0.130. The van der Waals surface area contributed by atoms with E-state index in [0.717, 1.165) is 17.7 Å². The van der Waals surface area contributed by atoms with Gasteiger partial charge in [-0.2, -0.15) is 0 Å². The second kappa shape index (κ2) is 7.03. The maximum atomic E-state index is 12.8. The third kappa shape index (κ3) is 3.42. The lowest BCUT2D eigenvalue weighted by Gasteiger charge is -2.23. The Balaban J connectivity index is 1.70. The molecule has 1 aromatic carbocycles. The van der Waals surface area contributed by atoms with Crippen molar-refractivity contribution in [3.8, 4) is 0 Å². The highest BCUT2D eigenvalue weighted by atomic mass is 16.2. The van der Waals surface area contributed by atoms with E-state index in [0.29, 0.717) is 51.0 Å². The van der Waals surface area contributed by atoms with Gasteiger partial charge in [0.2, 0.25) is 11.8 Å². The Morgan fingerprint density at radius 3 is 2.62 bits per heavy atom. The number of carbonyl (C=O) groups is 3. The molecule has 6 heteroatoms. The summed E-state index contributed by atoms with van der Waals surface area (Å²) in [7, 11) is 0. The molecule has 2 aliphatic rings. The first-order valence-corrected chi connectivity index (χ1v) is 8.58. The minimum atomic E-state index is 0.000461. The summed E-state index contributed by atoms with van der Waals surface area (Å²) >= 11 is 0. The van der Waals surface area contributed by atoms with E-state index in [1.54, 1.807) is 6.07 Å². The average Bonchev–Trinajstić information content (AvgIpc) is 2.86. The molecule has 2 heterocycles. The molecule has 1 saturated heterocycles. The number of hydrogen-bond donors (Lipinski definition) is 1. The van der Waals surface area contributed by atoms with Crippen LogP contribution in [0.15, 0.2) is 18.2 Å². The van der Waals surface area contributed by atoms with E-state index in [4.69, 9.17) is 0 Å². The van der Waals surface area contributed by atoms with Gasteiger partial charge in [0.25, 0.3) is 5.91 Å². The van der Waals surface area contributed by atoms with E-state index >= 15 is 0 Å². The monoisotopic (exact) mass is 329 g/mol. The molecule has 1 aromatic rings. The fourth-order valence-corrected chi connectivity index (χ4v) is 3.29. The van der Waals surface area contributed by atoms with Crippen molar-refractivity contribution in [2.45, 2.75) is 32.6 Å². The zero-order chi connectivity index (χ0) is 17.1. The van der Waals surface area contributed by atoms with Gasteiger partial charge in [-0.1, -0.05) is 6.92 Å². The van der Waals surface area contributed by atoms with Crippen LogP contribution in [0.4, 0.5) is 5.69 Å². The number of aryl methyl sites for hydroxylation is 1. The molecule has 0 spiro atoms. The Bertz CT molecular complexity index is 671. The minimum Gasteiger partial charge on any atom is -0.341 e. The zero-order valence-corrected chi connectivity index (χ0v) is 14.0. The van der Waals surface area contributed by atoms with Crippen molar-refractivity contribution in [1.82, 2.24) is 9.80 Å². The summed E-state index contributed by atoms with van der Waals surface area (Å²) in [5.74, 6) is 0.170. The van der Waals surface area contributed by atoms with Crippen molar-refractivity contribution >= 4 is 23.4 Å². The first kappa shape index (κ1) is 16.5. The summed E-state index contributed by atoms with van der Waals surface area (Å²) < 4.78 is 0. The van der Waals surface area contributed by atoms with Crippen molar-refractivity contribution in [3.63, 3.8) is 0 Å². The molecule has 128 valence electrons. The first-order chi connectivity index (χ1) is 11.6. The number of rotatable bonds is 2. The van der Waals surface area contributed by atoms with Crippen molar-refractivity contribution in [2.75, 3.05) is 31.5 Å². The number of amides is 3. The standard InChI is InChI=1S/C18H23N3O3/c1-2-17(23)20-8-3-9-21(11-10-20)18(24)14-4-6-15-13(12-14)5-7-16(22)19-15/h4,6,12H,2-3,5,7-11H2,1H3,(H,19,22). The van der Waals surface area contributed by atoms with Crippen LogP contribution < -0.4 is 5.32 Å². The molecule has 1 fully saturated rings. The van der Waals surface area contributed by atoms with Crippen molar-refractivity contribution in [3.05, 3.63) is 29.3 Å². The molecule has 2 aliphatic heterocycles. The highest BCUT2D eigenvalue weighted by Gasteiger charge is 2.23. The minimum absolute atomic E-state index is 0.000461. The second-order valence-corrected chi connectivity index (χ2v) is 6.30. The van der Waals surface area contributed by atoms with Crippen LogP contribution in [0.2, 0.25) is 0 Å². The molecule has 1 N–H and O–H groups in total. The first-order valence-electron chi connectivity index (χ1n) is 8.58. The second-order valence-electron chi connectivity index (χ2n) is 6.30. The van der Waals surface area contributed by atoms with Gasteiger partial charge < -0.3 is 15.1 Å². The normalized spacial score (nSPS) is 17.8. The van der Waals surface area contributed by atoms with Crippen LogP contribution in [0.1, 0.15) is 42.1 Å². The van der Waals surface area contributed by atoms with Crippen LogP contribution in [0, 0.1) is 0 Å². The van der Waals surface area contributed by atoms with Crippen LogP contribution in [-0.2, 0) is 16.0 Å². The van der Waals surface area contributed by atoms with Crippen LogP contribution >= 0.6 is 0 Å². The lowest BCUT2D eigenvalue weighted by Crippen LogP contribution is -2.37. The molecular weight excluding hydrogens is 306 g/mol. The van der Waals surface area contributed by atoms with Gasteiger partial charge in [-0.3, -0.25) is 14.4 Å². The number of nitrogens with one attached hydrogen (secondary N) is 1. The van der Waals surface area contributed by atoms with E-state index in [2.05, 4.69) is 5.32 Å². The number of carbonyl (C=O) groups excluding carboxylic acids is 3. The molecular formula is C18H23N3O3. The van der Waals surface area contributed by atoms with Gasteiger partial charge in [-0.25, -0.2) is 0 Å². The van der Waals surface area contributed by atoms with Gasteiger partial charge >= 0.3 is 0 Å². The largest absolute Gasteiger partial charge is 0.341 e. The fourth-order valence-electron chi connectivity index (χ4n) is 3.29. The molecule has 24 heavy (non-hydrogen) atoms. The lowest BCUT2D eigenvalue weighted by atomic mass is 10.00. The van der Waals surface area contributed by atoms with Gasteiger partial charge in [0.1, 0.15) is 0 Å². The van der Waals surface area contributed by atoms with Gasteiger partial charge in [-0.15, -0.1) is 0 Å². The molecule has 0 radical (unpaired) electrons. The number of nitrogens with zero attached hydrogens (tertiary/aromatic N) is 2. The van der Waals surface area contributed by atoms with Gasteiger partial charge in [0.05, 0.1) is 0 Å². The zero-order valence-electron chi connectivity index (χ0n) is 14.0. The molecule has 0 aromatic heterocycles. The van der Waals surface area contributed by atoms with Gasteiger partial charge in [-0.05, 0) is 36.6 Å². The van der Waals surface area contributed by atoms with Crippen molar-refractivity contribution in [2.24, 2.45) is 0 Å². The molecule has 3 amide bonds. The molecule has 0 bridgehead atoms. The third-order valence-corrected chi connectivity index (χ3v) is 4.69. The van der Waals surface area contributed by atoms with E-state index < -0.39 is 0 Å². The predicted molar refractivity (Wildman–Crippen MR) is 90.8 cm³/mol. The highest BCUT2D eigenvalue weighted by Crippen LogP contribution is 2.24. The Labute approximate surface area is 141 Å². The summed E-state index contributed by atoms with van der Waals surface area (Å²) in [5, 5.41) is 2.83. The molecule has 0 aliphatic carbocycles. The quantitative estimate of drug-likeness (QED) is 0.897. The summed E-state index contributed by atoms with van der Waals surface area (Å²) in [4.78, 5) is 39.7. The Morgan fingerprint density at radius 1 is 1.08 bits per heavy atom. The van der Waals surface area contributed by atoms with Crippen LogP contribution in [0.3, 0.4) is 0 Å². The summed E-state index contributed by atoms with van der Waals surface area (Å²) in [6.45, 7) is 4.41. The molecule has 3 rings (SSSR count). The maximum Gasteiger partial charge on any atom is 0.253 e. The van der Waals surface area contributed by atoms with E-state index in [9.17, 15) is 14.4 Å². The van der Waals surface area contributed by atoms with Gasteiger partial charge in [0, 0.05) is 50.3 Å². The van der Waals surface area contributed by atoms with Crippen LogP contribution in [-0.4, -0.2) is 53.7 Å². The number of fused-ring (bicyclic) bond motifs is 1. The summed E-state index contributed by atoms with van der Waals surface area (Å²) in [6.07, 6.45) is 2.44. The van der Waals surface area contributed by atoms with E-state index in [1.807, 2.05) is 28.9 Å². The highest BCUT2D eigenvalue weighted by molar-refractivity contribution is 5.98. The molecule has 0 atom stereocenters.